The molecule has 0 aromatic heterocycles. The van der Waals surface area contributed by atoms with Gasteiger partial charge in [-0.15, -0.1) is 0 Å². The van der Waals surface area contributed by atoms with Gasteiger partial charge in [-0.1, -0.05) is 11.6 Å². The Labute approximate surface area is 119 Å². The topological polar surface area (TPSA) is 72.6 Å². The third-order valence-corrected chi connectivity index (χ3v) is 5.11. The minimum Gasteiger partial charge on any atom is -0.398 e. The number of anilines is 1. The highest BCUT2D eigenvalue weighted by Crippen LogP contribution is 2.27. The molecule has 0 aliphatic carbocycles. The molecule has 1 aromatic carbocycles. The van der Waals surface area contributed by atoms with E-state index in [2.05, 4.69) is 0 Å². The number of sulfonamides is 1. The van der Waals surface area contributed by atoms with Gasteiger partial charge in [-0.25, -0.2) is 12.7 Å². The predicted molar refractivity (Wildman–Crippen MR) is 76.9 cm³/mol. The molecule has 0 fully saturated rings. The van der Waals surface area contributed by atoms with Crippen LogP contribution in [0.2, 0.25) is 5.02 Å². The van der Waals surface area contributed by atoms with E-state index in [1.807, 2.05) is 0 Å². The van der Waals surface area contributed by atoms with E-state index in [-0.39, 0.29) is 4.90 Å². The molecule has 0 aliphatic heterocycles. The highest BCUT2D eigenvalue weighted by molar-refractivity contribution is 7.89. The van der Waals surface area contributed by atoms with Crippen molar-refractivity contribution in [3.63, 3.8) is 0 Å². The van der Waals surface area contributed by atoms with Crippen LogP contribution in [0.3, 0.4) is 0 Å². The summed E-state index contributed by atoms with van der Waals surface area (Å²) in [5.41, 5.74) is 6.81. The smallest absolute Gasteiger partial charge is 0.242 e. The molecule has 0 bridgehead atoms. The summed E-state index contributed by atoms with van der Waals surface area (Å²) in [5.74, 6) is 0. The molecule has 0 unspecified atom stereocenters. The third kappa shape index (κ3) is 3.82. The van der Waals surface area contributed by atoms with Gasteiger partial charge in [0.15, 0.2) is 0 Å². The molecule has 5 nitrogen and oxygen atoms in total. The standard InChI is InChI=1S/C12H19ClN2O3S/c1-9-11(13)7-10(8-12(9)14)19(16,17)15(2)5-4-6-18-3/h7-8H,4-6,14H2,1-3H3. The van der Waals surface area contributed by atoms with Crippen molar-refractivity contribution in [2.24, 2.45) is 0 Å². The van der Waals surface area contributed by atoms with Crippen molar-refractivity contribution < 1.29 is 13.2 Å². The summed E-state index contributed by atoms with van der Waals surface area (Å²) >= 11 is 5.97. The number of nitrogens with zero attached hydrogens (tertiary/aromatic N) is 1. The minimum absolute atomic E-state index is 0.112. The summed E-state index contributed by atoms with van der Waals surface area (Å²) in [7, 11) is -0.467. The van der Waals surface area contributed by atoms with Gasteiger partial charge in [0.05, 0.1) is 4.90 Å². The maximum atomic E-state index is 12.3. The molecule has 0 radical (unpaired) electrons. The van der Waals surface area contributed by atoms with Crippen LogP contribution in [0.15, 0.2) is 17.0 Å². The molecule has 0 atom stereocenters. The first-order valence-corrected chi connectivity index (χ1v) is 7.63. The molecule has 0 spiro atoms. The second-order valence-electron chi connectivity index (χ2n) is 4.29. The van der Waals surface area contributed by atoms with Crippen molar-refractivity contribution in [1.82, 2.24) is 4.31 Å². The molecule has 0 amide bonds. The van der Waals surface area contributed by atoms with E-state index in [1.54, 1.807) is 14.0 Å². The Balaban J connectivity index is 3.00. The molecule has 2 N–H and O–H groups in total. The average molecular weight is 307 g/mol. The fourth-order valence-corrected chi connectivity index (χ4v) is 3.12. The molecule has 7 heteroatoms. The highest BCUT2D eigenvalue weighted by atomic mass is 35.5. The van der Waals surface area contributed by atoms with Crippen LogP contribution in [0.5, 0.6) is 0 Å². The number of nitrogen functional groups attached to an aromatic ring is 1. The van der Waals surface area contributed by atoms with E-state index < -0.39 is 10.0 Å². The van der Waals surface area contributed by atoms with Crippen LogP contribution in [0.4, 0.5) is 5.69 Å². The Morgan fingerprint density at radius 1 is 1.42 bits per heavy atom. The second kappa shape index (κ2) is 6.56. The van der Waals surface area contributed by atoms with Crippen LogP contribution in [0.1, 0.15) is 12.0 Å². The quantitative estimate of drug-likeness (QED) is 0.643. The van der Waals surface area contributed by atoms with Crippen molar-refractivity contribution in [2.75, 3.05) is 33.0 Å². The van der Waals surface area contributed by atoms with E-state index in [1.165, 1.54) is 23.5 Å². The first-order chi connectivity index (χ1) is 8.80. The lowest BCUT2D eigenvalue weighted by Crippen LogP contribution is -2.28. The van der Waals surface area contributed by atoms with Crippen molar-refractivity contribution in [2.45, 2.75) is 18.2 Å². The monoisotopic (exact) mass is 306 g/mol. The molecule has 19 heavy (non-hydrogen) atoms. The zero-order valence-corrected chi connectivity index (χ0v) is 12.9. The molecule has 0 saturated heterocycles. The number of hydrogen-bond donors (Lipinski definition) is 1. The summed E-state index contributed by atoms with van der Waals surface area (Å²) in [4.78, 5) is 0.112. The second-order valence-corrected chi connectivity index (χ2v) is 6.74. The van der Waals surface area contributed by atoms with E-state index in [0.717, 1.165) is 0 Å². The SMILES string of the molecule is COCCCN(C)S(=O)(=O)c1cc(N)c(C)c(Cl)c1. The molecule has 1 rings (SSSR count). The maximum Gasteiger partial charge on any atom is 0.242 e. The van der Waals surface area contributed by atoms with Crippen molar-refractivity contribution in [3.05, 3.63) is 22.7 Å². The van der Waals surface area contributed by atoms with Crippen LogP contribution < -0.4 is 5.73 Å². The number of hydrogen-bond acceptors (Lipinski definition) is 4. The Morgan fingerprint density at radius 3 is 2.58 bits per heavy atom. The van der Waals surface area contributed by atoms with Gasteiger partial charge in [0.2, 0.25) is 10.0 Å². The lowest BCUT2D eigenvalue weighted by atomic mass is 10.2. The van der Waals surface area contributed by atoms with E-state index >= 15 is 0 Å². The van der Waals surface area contributed by atoms with Gasteiger partial charge in [0.25, 0.3) is 0 Å². The van der Waals surface area contributed by atoms with Gasteiger partial charge in [-0.2, -0.15) is 0 Å². The van der Waals surface area contributed by atoms with E-state index in [4.69, 9.17) is 22.1 Å². The van der Waals surface area contributed by atoms with Gasteiger partial charge >= 0.3 is 0 Å². The van der Waals surface area contributed by atoms with E-state index in [9.17, 15) is 8.42 Å². The molecule has 0 heterocycles. The first kappa shape index (κ1) is 16.2. The van der Waals surface area contributed by atoms with E-state index in [0.29, 0.717) is 35.8 Å². The van der Waals surface area contributed by atoms with Gasteiger partial charge in [-0.05, 0) is 31.0 Å². The summed E-state index contributed by atoms with van der Waals surface area (Å²) in [5, 5.41) is 0.351. The average Bonchev–Trinajstić information content (AvgIpc) is 2.35. The Morgan fingerprint density at radius 2 is 2.05 bits per heavy atom. The number of benzene rings is 1. The lowest BCUT2D eigenvalue weighted by molar-refractivity contribution is 0.189. The molecular weight excluding hydrogens is 288 g/mol. The molecule has 0 saturated carbocycles. The largest absolute Gasteiger partial charge is 0.398 e. The summed E-state index contributed by atoms with van der Waals surface area (Å²) in [6.07, 6.45) is 0.626. The van der Waals surface area contributed by atoms with Crippen LogP contribution in [-0.2, 0) is 14.8 Å². The summed E-state index contributed by atoms with van der Waals surface area (Å²) in [6, 6.07) is 2.86. The van der Waals surface area contributed by atoms with Crippen LogP contribution in [0.25, 0.3) is 0 Å². The number of ether oxygens (including phenoxy) is 1. The van der Waals surface area contributed by atoms with Crippen molar-refractivity contribution in [1.29, 1.82) is 0 Å². The maximum absolute atomic E-state index is 12.3. The Kier molecular flexibility index (Phi) is 5.61. The van der Waals surface area contributed by atoms with Gasteiger partial charge in [-0.3, -0.25) is 0 Å². The van der Waals surface area contributed by atoms with Gasteiger partial charge < -0.3 is 10.5 Å². The Bertz CT molecular complexity index is 523. The number of rotatable bonds is 6. The number of nitrogens with two attached hydrogens (primary N) is 1. The van der Waals surface area contributed by atoms with Crippen molar-refractivity contribution >= 4 is 27.3 Å². The van der Waals surface area contributed by atoms with Crippen LogP contribution in [0, 0.1) is 6.92 Å². The van der Waals surface area contributed by atoms with Crippen molar-refractivity contribution in [3.8, 4) is 0 Å². The molecule has 1 aromatic rings. The fraction of sp³-hybridized carbons (Fsp3) is 0.500. The zero-order chi connectivity index (χ0) is 14.6. The van der Waals surface area contributed by atoms with Gasteiger partial charge in [0.1, 0.15) is 0 Å². The summed E-state index contributed by atoms with van der Waals surface area (Å²) < 4.78 is 30.8. The molecule has 0 aliphatic rings. The fourth-order valence-electron chi connectivity index (χ4n) is 1.55. The van der Waals surface area contributed by atoms with Gasteiger partial charge in [0, 0.05) is 38.0 Å². The highest BCUT2D eigenvalue weighted by Gasteiger charge is 2.22. The Hall–Kier alpha value is -0.820. The zero-order valence-electron chi connectivity index (χ0n) is 11.3. The summed E-state index contributed by atoms with van der Waals surface area (Å²) in [6.45, 7) is 2.63. The van der Waals surface area contributed by atoms with Crippen LogP contribution in [-0.4, -0.2) is 40.0 Å². The predicted octanol–water partition coefficient (Wildman–Crippen LogP) is 1.89. The number of methoxy groups -OCH3 is 1. The normalized spacial score (nSPS) is 12.1. The molecular formula is C12H19ClN2O3S. The third-order valence-electron chi connectivity index (χ3n) is 2.89. The first-order valence-electron chi connectivity index (χ1n) is 5.81. The minimum atomic E-state index is -3.57. The van der Waals surface area contributed by atoms with Crippen LogP contribution >= 0.6 is 11.6 Å². The lowest BCUT2D eigenvalue weighted by Gasteiger charge is -2.18. The number of halogens is 1. The molecule has 108 valence electrons.